The summed E-state index contributed by atoms with van der Waals surface area (Å²) in [4.78, 5) is 25.1. The number of morpholine rings is 1. The zero-order valence-corrected chi connectivity index (χ0v) is 13.5. The minimum absolute atomic E-state index is 0.0304. The van der Waals surface area contributed by atoms with Crippen molar-refractivity contribution in [3.8, 4) is 0 Å². The lowest BCUT2D eigenvalue weighted by Crippen LogP contribution is -2.50. The number of amides is 1. The van der Waals surface area contributed by atoms with Crippen LogP contribution in [-0.2, 0) is 27.8 Å². The minimum atomic E-state index is -1.02. The van der Waals surface area contributed by atoms with Crippen molar-refractivity contribution in [3.63, 3.8) is 0 Å². The topological polar surface area (TPSA) is 84.7 Å². The van der Waals surface area contributed by atoms with Crippen molar-refractivity contribution >= 4 is 11.9 Å². The monoisotopic (exact) mass is 309 g/mol. The minimum Gasteiger partial charge on any atom is -0.479 e. The lowest BCUT2D eigenvalue weighted by Gasteiger charge is -2.32. The maximum absolute atomic E-state index is 12.6. The SMILES string of the molecule is Cc1nn(C)c(C)c1C[C@@H](C)C(=O)N1CCO[C@H](C(=O)O)C1. The van der Waals surface area contributed by atoms with Crippen LogP contribution in [0.5, 0.6) is 0 Å². The van der Waals surface area contributed by atoms with Crippen LogP contribution < -0.4 is 0 Å². The molecule has 7 heteroatoms. The van der Waals surface area contributed by atoms with E-state index in [2.05, 4.69) is 5.10 Å². The highest BCUT2D eigenvalue weighted by molar-refractivity contribution is 5.80. The number of hydrogen-bond acceptors (Lipinski definition) is 4. The van der Waals surface area contributed by atoms with Crippen molar-refractivity contribution in [3.05, 3.63) is 17.0 Å². The normalized spacial score (nSPS) is 20.0. The first kappa shape index (κ1) is 16.5. The van der Waals surface area contributed by atoms with Gasteiger partial charge in [0.2, 0.25) is 5.91 Å². The molecule has 0 saturated carbocycles. The molecule has 1 aliphatic rings. The zero-order valence-electron chi connectivity index (χ0n) is 13.5. The van der Waals surface area contributed by atoms with E-state index in [-0.39, 0.29) is 25.0 Å². The standard InChI is InChI=1S/C15H23N3O4/c1-9(7-12-10(2)16-17(4)11(12)3)14(19)18-5-6-22-13(8-18)15(20)21/h9,13H,5-8H2,1-4H3,(H,20,21)/t9-,13+/m1/s1. The quantitative estimate of drug-likeness (QED) is 0.877. The molecule has 22 heavy (non-hydrogen) atoms. The molecule has 1 aromatic rings. The van der Waals surface area contributed by atoms with E-state index in [4.69, 9.17) is 9.84 Å². The van der Waals surface area contributed by atoms with E-state index in [1.54, 1.807) is 4.90 Å². The molecule has 0 unspecified atom stereocenters. The van der Waals surface area contributed by atoms with Gasteiger partial charge in [0.25, 0.3) is 0 Å². The van der Waals surface area contributed by atoms with Gasteiger partial charge >= 0.3 is 5.97 Å². The summed E-state index contributed by atoms with van der Waals surface area (Å²) in [6, 6.07) is 0. The second kappa shape index (κ2) is 6.48. The molecule has 1 N–H and O–H groups in total. The summed E-state index contributed by atoms with van der Waals surface area (Å²) >= 11 is 0. The van der Waals surface area contributed by atoms with Crippen molar-refractivity contribution in [2.24, 2.45) is 13.0 Å². The molecule has 0 aliphatic carbocycles. The lowest BCUT2D eigenvalue weighted by atomic mass is 9.98. The third-order valence-electron chi connectivity index (χ3n) is 4.24. The third-order valence-corrected chi connectivity index (χ3v) is 4.24. The first-order valence-electron chi connectivity index (χ1n) is 7.43. The van der Waals surface area contributed by atoms with Gasteiger partial charge in [0.1, 0.15) is 0 Å². The number of aliphatic carboxylic acids is 1. The Morgan fingerprint density at radius 1 is 1.45 bits per heavy atom. The number of nitrogens with zero attached hydrogens (tertiary/aromatic N) is 3. The maximum Gasteiger partial charge on any atom is 0.334 e. The Hall–Kier alpha value is -1.89. The van der Waals surface area contributed by atoms with Crippen molar-refractivity contribution < 1.29 is 19.4 Å². The molecule has 1 saturated heterocycles. The molecule has 2 rings (SSSR count). The van der Waals surface area contributed by atoms with Crippen LogP contribution in [0, 0.1) is 19.8 Å². The largest absolute Gasteiger partial charge is 0.479 e. The van der Waals surface area contributed by atoms with Gasteiger partial charge in [0, 0.05) is 25.2 Å². The summed E-state index contributed by atoms with van der Waals surface area (Å²) in [6.07, 6.45) is -0.314. The summed E-state index contributed by atoms with van der Waals surface area (Å²) in [6.45, 7) is 6.62. The number of hydrogen-bond donors (Lipinski definition) is 1. The van der Waals surface area contributed by atoms with Crippen molar-refractivity contribution in [1.82, 2.24) is 14.7 Å². The van der Waals surface area contributed by atoms with Gasteiger partial charge in [-0.1, -0.05) is 6.92 Å². The van der Waals surface area contributed by atoms with Crippen LogP contribution in [0.15, 0.2) is 0 Å². The van der Waals surface area contributed by atoms with E-state index in [9.17, 15) is 9.59 Å². The molecule has 2 atom stereocenters. The number of carboxylic acid groups (broad SMARTS) is 1. The average Bonchev–Trinajstić information content (AvgIpc) is 2.73. The van der Waals surface area contributed by atoms with E-state index in [1.807, 2.05) is 32.5 Å². The van der Waals surface area contributed by atoms with Gasteiger partial charge in [-0.05, 0) is 25.8 Å². The number of carbonyl (C=O) groups is 2. The molecule has 1 amide bonds. The van der Waals surface area contributed by atoms with Gasteiger partial charge in [0.15, 0.2) is 6.10 Å². The third kappa shape index (κ3) is 3.30. The number of carboxylic acids is 1. The van der Waals surface area contributed by atoms with Crippen LogP contribution in [0.25, 0.3) is 0 Å². The van der Waals surface area contributed by atoms with E-state index in [0.29, 0.717) is 13.0 Å². The maximum atomic E-state index is 12.6. The molecular formula is C15H23N3O4. The van der Waals surface area contributed by atoms with E-state index < -0.39 is 12.1 Å². The van der Waals surface area contributed by atoms with Crippen LogP contribution in [0.2, 0.25) is 0 Å². The Kier molecular flexibility index (Phi) is 4.85. The second-order valence-corrected chi connectivity index (χ2v) is 5.86. The number of rotatable bonds is 4. The highest BCUT2D eigenvalue weighted by Gasteiger charge is 2.31. The fourth-order valence-corrected chi connectivity index (χ4v) is 2.82. The Bertz CT molecular complexity index is 582. The lowest BCUT2D eigenvalue weighted by molar-refractivity contribution is -0.160. The van der Waals surface area contributed by atoms with Crippen LogP contribution in [0.3, 0.4) is 0 Å². The molecule has 1 fully saturated rings. The van der Waals surface area contributed by atoms with E-state index >= 15 is 0 Å². The van der Waals surface area contributed by atoms with Crippen LogP contribution in [0.1, 0.15) is 23.9 Å². The fraction of sp³-hybridized carbons (Fsp3) is 0.667. The predicted molar refractivity (Wildman–Crippen MR) is 79.5 cm³/mol. The first-order valence-corrected chi connectivity index (χ1v) is 7.43. The number of ether oxygens (including phenoxy) is 1. The Balaban J connectivity index is 2.04. The summed E-state index contributed by atoms with van der Waals surface area (Å²) in [5.74, 6) is -1.27. The van der Waals surface area contributed by atoms with Crippen molar-refractivity contribution in [2.45, 2.75) is 33.3 Å². The van der Waals surface area contributed by atoms with E-state index in [1.165, 1.54) is 0 Å². The number of carbonyl (C=O) groups excluding carboxylic acids is 1. The van der Waals surface area contributed by atoms with Crippen LogP contribution in [0.4, 0.5) is 0 Å². The van der Waals surface area contributed by atoms with E-state index in [0.717, 1.165) is 17.0 Å². The van der Waals surface area contributed by atoms with Gasteiger partial charge in [-0.25, -0.2) is 4.79 Å². The molecule has 122 valence electrons. The zero-order chi connectivity index (χ0) is 16.4. The molecule has 7 nitrogen and oxygen atoms in total. The van der Waals surface area contributed by atoms with Gasteiger partial charge in [-0.2, -0.15) is 5.10 Å². The van der Waals surface area contributed by atoms with Crippen molar-refractivity contribution in [2.75, 3.05) is 19.7 Å². The van der Waals surface area contributed by atoms with Gasteiger partial charge in [0.05, 0.1) is 18.8 Å². The Labute approximate surface area is 129 Å². The first-order chi connectivity index (χ1) is 10.3. The van der Waals surface area contributed by atoms with Crippen LogP contribution >= 0.6 is 0 Å². The van der Waals surface area contributed by atoms with Gasteiger partial charge in [-0.15, -0.1) is 0 Å². The molecule has 2 heterocycles. The second-order valence-electron chi connectivity index (χ2n) is 5.86. The molecule has 0 radical (unpaired) electrons. The smallest absolute Gasteiger partial charge is 0.334 e. The highest BCUT2D eigenvalue weighted by Crippen LogP contribution is 2.19. The van der Waals surface area contributed by atoms with Gasteiger partial charge < -0.3 is 14.7 Å². The summed E-state index contributed by atoms with van der Waals surface area (Å²) < 4.78 is 6.97. The number of aromatic nitrogens is 2. The number of aryl methyl sites for hydroxylation is 2. The fourth-order valence-electron chi connectivity index (χ4n) is 2.82. The predicted octanol–water partition coefficient (Wildman–Crippen LogP) is 0.528. The molecule has 0 spiro atoms. The van der Waals surface area contributed by atoms with Gasteiger partial charge in [-0.3, -0.25) is 9.48 Å². The Morgan fingerprint density at radius 2 is 2.14 bits per heavy atom. The molecule has 1 aromatic heterocycles. The average molecular weight is 309 g/mol. The molecule has 0 aromatic carbocycles. The summed E-state index contributed by atoms with van der Waals surface area (Å²) in [5, 5.41) is 13.4. The molecule has 1 aliphatic heterocycles. The van der Waals surface area contributed by atoms with Crippen LogP contribution in [-0.4, -0.2) is 57.5 Å². The van der Waals surface area contributed by atoms with Crippen molar-refractivity contribution in [1.29, 1.82) is 0 Å². The summed E-state index contributed by atoms with van der Waals surface area (Å²) in [7, 11) is 1.89. The molecule has 0 bridgehead atoms. The summed E-state index contributed by atoms with van der Waals surface area (Å²) in [5.41, 5.74) is 3.08. The highest BCUT2D eigenvalue weighted by atomic mass is 16.5. The molecular weight excluding hydrogens is 286 g/mol. The Morgan fingerprint density at radius 3 is 2.68 bits per heavy atom.